The van der Waals surface area contributed by atoms with E-state index < -0.39 is 25.6 Å². The molecule has 0 aromatic heterocycles. The topological polar surface area (TPSA) is 131 Å². The van der Waals surface area contributed by atoms with Crippen LogP contribution in [0, 0.1) is 0 Å². The van der Waals surface area contributed by atoms with Crippen LogP contribution in [0.5, 0.6) is 0 Å². The number of hydrogen-bond acceptors (Lipinski definition) is 4. The van der Waals surface area contributed by atoms with Gasteiger partial charge in [-0.25, -0.2) is 5.09 Å². The highest BCUT2D eigenvalue weighted by Gasteiger charge is 2.38. The van der Waals surface area contributed by atoms with E-state index in [0.29, 0.717) is 25.8 Å². The van der Waals surface area contributed by atoms with Gasteiger partial charge in [0.25, 0.3) is 0 Å². The molecular formula is C17H28N5O3P. The number of piperidine rings is 1. The molecule has 1 aromatic rings. The first kappa shape index (κ1) is 20.6. The molecule has 0 saturated carbocycles. The number of rotatable bonds is 8. The highest BCUT2D eigenvalue weighted by atomic mass is 31.2. The van der Waals surface area contributed by atoms with Crippen LogP contribution in [0.4, 0.5) is 0 Å². The van der Waals surface area contributed by atoms with Crippen molar-refractivity contribution in [1.29, 1.82) is 0 Å². The zero-order valence-electron chi connectivity index (χ0n) is 15.1. The fraction of sp³-hybridized carbons (Fsp3) is 0.529. The van der Waals surface area contributed by atoms with Crippen LogP contribution in [-0.4, -0.2) is 41.7 Å². The highest BCUT2D eigenvalue weighted by Crippen LogP contribution is 2.40. The summed E-state index contributed by atoms with van der Waals surface area (Å²) in [4.78, 5) is 24.8. The Morgan fingerprint density at radius 1 is 1.38 bits per heavy atom. The van der Waals surface area contributed by atoms with Crippen LogP contribution < -0.4 is 21.6 Å². The summed E-state index contributed by atoms with van der Waals surface area (Å²) in [6, 6.07) is 7.85. The lowest BCUT2D eigenvalue weighted by Gasteiger charge is -2.36. The summed E-state index contributed by atoms with van der Waals surface area (Å²) in [5, 5.41) is 5.53. The Morgan fingerprint density at radius 2 is 2.08 bits per heavy atom. The smallest absolute Gasteiger partial charge is 0.306 e. The highest BCUT2D eigenvalue weighted by molar-refractivity contribution is 7.57. The number of benzene rings is 1. The van der Waals surface area contributed by atoms with Gasteiger partial charge in [0.15, 0.2) is 0 Å². The fourth-order valence-corrected chi connectivity index (χ4v) is 4.57. The van der Waals surface area contributed by atoms with Crippen molar-refractivity contribution >= 4 is 19.4 Å². The second kappa shape index (κ2) is 9.28. The summed E-state index contributed by atoms with van der Waals surface area (Å²) in [5.41, 5.74) is 12.7. The van der Waals surface area contributed by atoms with E-state index in [1.165, 1.54) is 0 Å². The van der Waals surface area contributed by atoms with Gasteiger partial charge < -0.3 is 11.1 Å². The second-order valence-electron chi connectivity index (χ2n) is 6.50. The lowest BCUT2D eigenvalue weighted by Crippen LogP contribution is -2.53. The van der Waals surface area contributed by atoms with Crippen molar-refractivity contribution in [3.8, 4) is 0 Å². The van der Waals surface area contributed by atoms with Gasteiger partial charge in [-0.3, -0.25) is 24.3 Å². The minimum atomic E-state index is -3.75. The molecule has 2 rings (SSSR count). The van der Waals surface area contributed by atoms with Crippen molar-refractivity contribution in [2.45, 2.75) is 44.7 Å². The summed E-state index contributed by atoms with van der Waals surface area (Å²) >= 11 is 0. The van der Waals surface area contributed by atoms with Crippen LogP contribution in [0.1, 0.15) is 31.7 Å². The minimum absolute atomic E-state index is 0.266. The Bertz CT molecular complexity index is 670. The molecule has 2 unspecified atom stereocenters. The molecule has 8 nitrogen and oxygen atoms in total. The molecule has 1 aliphatic heterocycles. The molecule has 0 bridgehead atoms. The predicted molar refractivity (Wildman–Crippen MR) is 101 cm³/mol. The van der Waals surface area contributed by atoms with Crippen molar-refractivity contribution < 1.29 is 14.2 Å². The van der Waals surface area contributed by atoms with E-state index in [1.807, 2.05) is 37.3 Å². The molecule has 0 spiro atoms. The Kier molecular flexibility index (Phi) is 7.34. The molecule has 6 N–H and O–H groups in total. The molecule has 144 valence electrons. The number of hydrogen-bond donors (Lipinski definition) is 4. The first-order valence-corrected chi connectivity index (χ1v) is 10.6. The zero-order valence-corrected chi connectivity index (χ0v) is 16.0. The number of nitrogens with one attached hydrogen (secondary N) is 2. The molecule has 1 saturated heterocycles. The van der Waals surface area contributed by atoms with Crippen molar-refractivity contribution in [3.05, 3.63) is 35.9 Å². The number of nitrogens with two attached hydrogens (primary N) is 2. The fourth-order valence-electron chi connectivity index (χ4n) is 2.89. The van der Waals surface area contributed by atoms with Gasteiger partial charge in [0.05, 0.1) is 12.1 Å². The lowest BCUT2D eigenvalue weighted by molar-refractivity contribution is -0.130. The number of carbonyl (C=O) groups is 2. The Balaban J connectivity index is 2.17. The normalized spacial score (nSPS) is 21.1. The third kappa shape index (κ3) is 5.38. The van der Waals surface area contributed by atoms with E-state index in [1.54, 1.807) is 0 Å². The van der Waals surface area contributed by atoms with Gasteiger partial charge in [0.1, 0.15) is 0 Å². The summed E-state index contributed by atoms with van der Waals surface area (Å²) in [6.45, 7) is 2.72. The maximum atomic E-state index is 13.0. The summed E-state index contributed by atoms with van der Waals surface area (Å²) < 4.78 is 14.1. The monoisotopic (exact) mass is 381 g/mol. The van der Waals surface area contributed by atoms with E-state index in [4.69, 9.17) is 11.2 Å². The van der Waals surface area contributed by atoms with Crippen LogP contribution in [0.2, 0.25) is 0 Å². The first-order valence-electron chi connectivity index (χ1n) is 8.90. The number of amides is 2. The second-order valence-corrected chi connectivity index (χ2v) is 8.48. The summed E-state index contributed by atoms with van der Waals surface area (Å²) in [7, 11) is -3.75. The van der Waals surface area contributed by atoms with Gasteiger partial charge in [-0.2, -0.15) is 0 Å². The van der Waals surface area contributed by atoms with Gasteiger partial charge in [0.2, 0.25) is 11.8 Å². The van der Waals surface area contributed by atoms with Crippen LogP contribution in [0.15, 0.2) is 30.3 Å². The van der Waals surface area contributed by atoms with E-state index in [2.05, 4.69) is 10.4 Å². The van der Waals surface area contributed by atoms with Crippen molar-refractivity contribution in [3.63, 3.8) is 0 Å². The third-order valence-corrected chi connectivity index (χ3v) is 6.10. The molecule has 3 atom stereocenters. The van der Waals surface area contributed by atoms with Crippen LogP contribution >= 0.6 is 7.59 Å². The maximum absolute atomic E-state index is 13.0. The minimum Gasteiger partial charge on any atom is -0.355 e. The Hall–Kier alpha value is -1.73. The maximum Gasteiger partial charge on any atom is 0.306 e. The first-order chi connectivity index (χ1) is 12.3. The predicted octanol–water partition coefficient (Wildman–Crippen LogP) is 0.730. The third-order valence-electron chi connectivity index (χ3n) is 4.30. The van der Waals surface area contributed by atoms with E-state index in [9.17, 15) is 14.2 Å². The summed E-state index contributed by atoms with van der Waals surface area (Å²) in [5.74, 6) is -0.739. The van der Waals surface area contributed by atoms with Gasteiger partial charge >= 0.3 is 7.59 Å². The van der Waals surface area contributed by atoms with E-state index in [-0.39, 0.29) is 12.5 Å². The quantitative estimate of drug-likeness (QED) is 0.491. The SMILES string of the molecule is CCCNC(=O)C(Cc1ccccc1)NP(N)(=O)N1CCC[C@H](N)C1=O. The molecule has 1 aromatic carbocycles. The molecule has 2 amide bonds. The Labute approximate surface area is 154 Å². The van der Waals surface area contributed by atoms with Gasteiger partial charge in [-0.15, -0.1) is 0 Å². The van der Waals surface area contributed by atoms with Gasteiger partial charge in [-0.05, 0) is 31.2 Å². The van der Waals surface area contributed by atoms with Crippen LogP contribution in [0.25, 0.3) is 0 Å². The largest absolute Gasteiger partial charge is 0.355 e. The average Bonchev–Trinajstić information content (AvgIpc) is 2.62. The van der Waals surface area contributed by atoms with Crippen molar-refractivity contribution in [2.75, 3.05) is 13.1 Å². The standard InChI is InChI=1S/C17H28N5O3P/c1-2-10-20-16(23)15(12-13-7-4-3-5-8-13)21-26(19,25)22-11-6-9-14(18)17(22)24/h3-5,7-8,14-15H,2,6,9-12,18H2,1H3,(H,20,23)(H3,19,21,25)/t14-,15?,26?/m0/s1. The summed E-state index contributed by atoms with van der Waals surface area (Å²) in [6.07, 6.45) is 2.26. The van der Waals surface area contributed by atoms with Crippen LogP contribution in [0.3, 0.4) is 0 Å². The number of nitrogens with zero attached hydrogens (tertiary/aromatic N) is 1. The molecule has 0 radical (unpaired) electrons. The zero-order chi connectivity index (χ0) is 19.2. The van der Waals surface area contributed by atoms with Gasteiger partial charge in [0, 0.05) is 13.1 Å². The van der Waals surface area contributed by atoms with Crippen molar-refractivity contribution in [2.24, 2.45) is 11.2 Å². The molecule has 1 heterocycles. The van der Waals surface area contributed by atoms with Crippen molar-refractivity contribution in [1.82, 2.24) is 15.1 Å². The molecular weight excluding hydrogens is 353 g/mol. The molecule has 9 heteroatoms. The Morgan fingerprint density at radius 3 is 2.73 bits per heavy atom. The number of carbonyl (C=O) groups excluding carboxylic acids is 2. The molecule has 0 aliphatic carbocycles. The molecule has 1 aliphatic rings. The van der Waals surface area contributed by atoms with E-state index in [0.717, 1.165) is 16.7 Å². The van der Waals surface area contributed by atoms with E-state index >= 15 is 0 Å². The molecule has 26 heavy (non-hydrogen) atoms. The lowest BCUT2D eigenvalue weighted by atomic mass is 10.1. The average molecular weight is 381 g/mol. The molecule has 1 fully saturated rings. The van der Waals surface area contributed by atoms with Gasteiger partial charge in [-0.1, -0.05) is 37.3 Å². The van der Waals surface area contributed by atoms with Crippen LogP contribution in [-0.2, 0) is 20.6 Å².